The van der Waals surface area contributed by atoms with Crippen LogP contribution in [-0.2, 0) is 27.1 Å². The first-order valence-corrected chi connectivity index (χ1v) is 10.5. The topological polar surface area (TPSA) is 101 Å². The van der Waals surface area contributed by atoms with Gasteiger partial charge in [0.2, 0.25) is 15.9 Å². The van der Waals surface area contributed by atoms with Gasteiger partial charge < -0.3 is 11.1 Å². The molecule has 2 rings (SSSR count). The second-order valence-corrected chi connectivity index (χ2v) is 8.95. The average molecular weight is 404 g/mol. The van der Waals surface area contributed by atoms with Gasteiger partial charge in [0.25, 0.3) is 0 Å². The molecule has 0 spiro atoms. The van der Waals surface area contributed by atoms with Gasteiger partial charge >= 0.3 is 0 Å². The number of benzene rings is 1. The number of halogens is 1. The van der Waals surface area contributed by atoms with Crippen LogP contribution in [0.15, 0.2) is 24.3 Å². The monoisotopic (exact) mass is 403 g/mol. The Morgan fingerprint density at radius 3 is 2.31 bits per heavy atom. The molecule has 0 aromatic heterocycles. The summed E-state index contributed by atoms with van der Waals surface area (Å²) in [7, 11) is -3.41. The van der Waals surface area contributed by atoms with Crippen molar-refractivity contribution in [3.63, 3.8) is 0 Å². The van der Waals surface area contributed by atoms with E-state index in [1.807, 2.05) is 12.1 Å². The third-order valence-corrected chi connectivity index (χ3v) is 6.04. The van der Waals surface area contributed by atoms with Crippen molar-refractivity contribution in [3.8, 4) is 0 Å². The SMILES string of the molecule is CC(C)NS(=O)(=O)Cc1ccccc1CNC(=O)C1(N)CCCCC1.Cl. The average Bonchev–Trinajstić information content (AvgIpc) is 2.52. The summed E-state index contributed by atoms with van der Waals surface area (Å²) < 4.78 is 26.9. The number of rotatable bonds is 7. The lowest BCUT2D eigenvalue weighted by atomic mass is 9.82. The Bertz CT molecular complexity index is 701. The maximum atomic E-state index is 12.5. The third kappa shape index (κ3) is 6.54. The first kappa shape index (κ1) is 22.9. The van der Waals surface area contributed by atoms with E-state index in [-0.39, 0.29) is 36.7 Å². The van der Waals surface area contributed by atoms with Gasteiger partial charge in [-0.3, -0.25) is 4.79 Å². The van der Waals surface area contributed by atoms with Gasteiger partial charge in [-0.1, -0.05) is 43.5 Å². The minimum Gasteiger partial charge on any atom is -0.350 e. The highest BCUT2D eigenvalue weighted by molar-refractivity contribution is 7.88. The van der Waals surface area contributed by atoms with E-state index in [0.717, 1.165) is 24.8 Å². The predicted molar refractivity (Wildman–Crippen MR) is 106 cm³/mol. The lowest BCUT2D eigenvalue weighted by molar-refractivity contribution is -0.127. The van der Waals surface area contributed by atoms with E-state index >= 15 is 0 Å². The molecule has 6 nitrogen and oxygen atoms in total. The molecule has 0 saturated heterocycles. The molecule has 8 heteroatoms. The van der Waals surface area contributed by atoms with Crippen LogP contribution < -0.4 is 15.8 Å². The van der Waals surface area contributed by atoms with Gasteiger partial charge in [-0.2, -0.15) is 0 Å². The molecule has 1 amide bonds. The molecule has 148 valence electrons. The zero-order valence-electron chi connectivity index (χ0n) is 15.5. The molecule has 4 N–H and O–H groups in total. The smallest absolute Gasteiger partial charge is 0.240 e. The standard InChI is InChI=1S/C18H29N3O3S.ClH/c1-14(2)21-25(23,24)13-16-9-5-4-8-15(16)12-20-17(22)18(19)10-6-3-7-11-18;/h4-5,8-9,14,21H,3,6-7,10-13,19H2,1-2H3,(H,20,22);1H. The Balaban J connectivity index is 0.00000338. The van der Waals surface area contributed by atoms with E-state index < -0.39 is 15.6 Å². The van der Waals surface area contributed by atoms with E-state index in [1.54, 1.807) is 26.0 Å². The molecule has 0 aliphatic heterocycles. The van der Waals surface area contributed by atoms with Gasteiger partial charge in [0.1, 0.15) is 0 Å². The van der Waals surface area contributed by atoms with Gasteiger partial charge in [0, 0.05) is 12.6 Å². The lowest BCUT2D eigenvalue weighted by Gasteiger charge is -2.31. The summed E-state index contributed by atoms with van der Waals surface area (Å²) >= 11 is 0. The van der Waals surface area contributed by atoms with Crippen molar-refractivity contribution in [3.05, 3.63) is 35.4 Å². The maximum absolute atomic E-state index is 12.5. The summed E-state index contributed by atoms with van der Waals surface area (Å²) in [6, 6.07) is 7.11. The summed E-state index contributed by atoms with van der Waals surface area (Å²) in [5.41, 5.74) is 6.93. The van der Waals surface area contributed by atoms with Crippen LogP contribution in [0.1, 0.15) is 57.1 Å². The van der Waals surface area contributed by atoms with Gasteiger partial charge in [-0.25, -0.2) is 13.1 Å². The van der Waals surface area contributed by atoms with E-state index in [2.05, 4.69) is 10.0 Å². The fraction of sp³-hybridized carbons (Fsp3) is 0.611. The number of sulfonamides is 1. The number of carbonyl (C=O) groups excluding carboxylic acids is 1. The van der Waals surface area contributed by atoms with Crippen molar-refractivity contribution in [1.82, 2.24) is 10.0 Å². The Kier molecular flexibility index (Phi) is 8.53. The van der Waals surface area contributed by atoms with E-state index in [1.165, 1.54) is 0 Å². The molecule has 1 fully saturated rings. The molecule has 0 radical (unpaired) electrons. The van der Waals surface area contributed by atoms with Gasteiger partial charge in [0.05, 0.1) is 11.3 Å². The Morgan fingerprint density at radius 2 is 1.73 bits per heavy atom. The number of hydrogen-bond donors (Lipinski definition) is 3. The van der Waals surface area contributed by atoms with Crippen LogP contribution in [0.2, 0.25) is 0 Å². The molecule has 1 aliphatic carbocycles. The van der Waals surface area contributed by atoms with Crippen LogP contribution in [0.3, 0.4) is 0 Å². The fourth-order valence-corrected chi connectivity index (χ4v) is 4.73. The van der Waals surface area contributed by atoms with Crippen molar-refractivity contribution >= 4 is 28.3 Å². The van der Waals surface area contributed by atoms with Crippen LogP contribution in [0.4, 0.5) is 0 Å². The molecule has 1 saturated carbocycles. The normalized spacial score (nSPS) is 16.8. The molecule has 0 atom stereocenters. The first-order chi connectivity index (χ1) is 11.7. The van der Waals surface area contributed by atoms with Crippen molar-refractivity contribution < 1.29 is 13.2 Å². The van der Waals surface area contributed by atoms with Crippen LogP contribution in [0.5, 0.6) is 0 Å². The fourth-order valence-electron chi connectivity index (χ4n) is 3.24. The summed E-state index contributed by atoms with van der Waals surface area (Å²) in [6.45, 7) is 3.86. The lowest BCUT2D eigenvalue weighted by Crippen LogP contribution is -2.54. The van der Waals surface area contributed by atoms with Crippen LogP contribution >= 0.6 is 12.4 Å². The van der Waals surface area contributed by atoms with Gasteiger partial charge in [0.15, 0.2) is 0 Å². The van der Waals surface area contributed by atoms with E-state index in [4.69, 9.17) is 5.73 Å². The molecule has 1 aromatic carbocycles. The molecule has 0 heterocycles. The van der Waals surface area contributed by atoms with Gasteiger partial charge in [-0.15, -0.1) is 12.4 Å². The highest BCUT2D eigenvalue weighted by Gasteiger charge is 2.35. The molecule has 26 heavy (non-hydrogen) atoms. The molecule has 0 bridgehead atoms. The summed E-state index contributed by atoms with van der Waals surface area (Å²) in [5, 5.41) is 2.90. The highest BCUT2D eigenvalue weighted by Crippen LogP contribution is 2.26. The zero-order valence-corrected chi connectivity index (χ0v) is 17.1. The van der Waals surface area contributed by atoms with Crippen molar-refractivity contribution in [2.45, 2.75) is 69.8 Å². The Labute approximate surface area is 162 Å². The number of nitrogens with two attached hydrogens (primary N) is 1. The van der Waals surface area contributed by atoms with E-state index in [9.17, 15) is 13.2 Å². The Hall–Kier alpha value is -1.15. The summed E-state index contributed by atoms with van der Waals surface area (Å²) in [5.74, 6) is -0.254. The van der Waals surface area contributed by atoms with Crippen molar-refractivity contribution in [1.29, 1.82) is 0 Å². The third-order valence-electron chi connectivity index (χ3n) is 4.52. The molecule has 1 aliphatic rings. The number of nitrogens with one attached hydrogen (secondary N) is 2. The zero-order chi connectivity index (χ0) is 18.5. The quantitative estimate of drug-likeness (QED) is 0.649. The summed E-state index contributed by atoms with van der Waals surface area (Å²) in [6.07, 6.45) is 4.47. The predicted octanol–water partition coefficient (Wildman–Crippen LogP) is 2.21. The summed E-state index contributed by atoms with van der Waals surface area (Å²) in [4.78, 5) is 12.5. The van der Waals surface area contributed by atoms with Crippen molar-refractivity contribution in [2.24, 2.45) is 5.73 Å². The minimum atomic E-state index is -3.41. The van der Waals surface area contributed by atoms with Crippen LogP contribution in [-0.4, -0.2) is 25.9 Å². The van der Waals surface area contributed by atoms with Crippen LogP contribution in [0.25, 0.3) is 0 Å². The second kappa shape index (κ2) is 9.69. The molecular weight excluding hydrogens is 374 g/mol. The number of hydrogen-bond acceptors (Lipinski definition) is 4. The molecule has 0 unspecified atom stereocenters. The van der Waals surface area contributed by atoms with Crippen molar-refractivity contribution in [2.75, 3.05) is 0 Å². The molecular formula is C18H30ClN3O3S. The minimum absolute atomic E-state index is 0. The largest absolute Gasteiger partial charge is 0.350 e. The molecule has 1 aromatic rings. The van der Waals surface area contributed by atoms with Gasteiger partial charge in [-0.05, 0) is 37.8 Å². The highest BCUT2D eigenvalue weighted by atomic mass is 35.5. The number of carbonyl (C=O) groups is 1. The maximum Gasteiger partial charge on any atom is 0.240 e. The first-order valence-electron chi connectivity index (χ1n) is 8.86. The van der Waals surface area contributed by atoms with E-state index in [0.29, 0.717) is 18.4 Å². The second-order valence-electron chi connectivity index (χ2n) is 7.20. The Morgan fingerprint density at radius 1 is 1.15 bits per heavy atom. The van der Waals surface area contributed by atoms with Crippen LogP contribution in [0, 0.1) is 0 Å². The number of amides is 1.